The summed E-state index contributed by atoms with van der Waals surface area (Å²) in [5.41, 5.74) is 4.38. The van der Waals surface area contributed by atoms with Crippen LogP contribution >= 0.6 is 0 Å². The molecule has 0 aromatic heterocycles. The highest BCUT2D eigenvalue weighted by Gasteiger charge is 2.25. The van der Waals surface area contributed by atoms with E-state index in [1.165, 1.54) is 0 Å². The first kappa shape index (κ1) is 18.7. The zero-order valence-electron chi connectivity index (χ0n) is 15.0. The number of carbonyl (C=O) groups excluding carboxylic acids is 1. The maximum Gasteiger partial charge on any atom is 0.428 e. The molecule has 1 aliphatic rings. The second kappa shape index (κ2) is 9.05. The minimum Gasteiger partial charge on any atom is -0.480 e. The van der Waals surface area contributed by atoms with E-state index in [0.717, 1.165) is 11.3 Å². The van der Waals surface area contributed by atoms with Crippen LogP contribution in [-0.4, -0.2) is 54.3 Å². The van der Waals surface area contributed by atoms with E-state index >= 15 is 0 Å². The van der Waals surface area contributed by atoms with Crippen LogP contribution in [0, 0.1) is 0 Å². The number of carboxylic acid groups (broad SMARTS) is 1. The molecule has 1 amide bonds. The Hall–Kier alpha value is -3.06. The molecule has 0 aliphatic carbocycles. The standard InChI is InChI=1S/C20H23N3O4/c24-19(25)18(15-16-7-3-1-4-8-16)21-27-20(26)23-13-11-22(12-14-23)17-9-5-2-6-10-17/h1-10,18,21H,11-15H2,(H,24,25)/t18-/m0/s1. The van der Waals surface area contributed by atoms with Crippen LogP contribution in [0.1, 0.15) is 5.56 Å². The van der Waals surface area contributed by atoms with Gasteiger partial charge in [-0.1, -0.05) is 48.5 Å². The van der Waals surface area contributed by atoms with Gasteiger partial charge < -0.3 is 19.7 Å². The van der Waals surface area contributed by atoms with Gasteiger partial charge in [-0.05, 0) is 17.7 Å². The molecule has 1 heterocycles. The topological polar surface area (TPSA) is 82.1 Å². The number of benzene rings is 2. The van der Waals surface area contributed by atoms with E-state index in [0.29, 0.717) is 26.2 Å². The first-order valence-electron chi connectivity index (χ1n) is 8.91. The summed E-state index contributed by atoms with van der Waals surface area (Å²) in [7, 11) is 0. The minimum atomic E-state index is -1.07. The Morgan fingerprint density at radius 3 is 2.15 bits per heavy atom. The molecule has 0 radical (unpaired) electrons. The summed E-state index contributed by atoms with van der Waals surface area (Å²) < 4.78 is 0. The van der Waals surface area contributed by atoms with Crippen LogP contribution < -0.4 is 10.4 Å². The van der Waals surface area contributed by atoms with Gasteiger partial charge in [0, 0.05) is 38.3 Å². The number of anilines is 1. The molecule has 0 saturated carbocycles. The zero-order valence-corrected chi connectivity index (χ0v) is 15.0. The van der Waals surface area contributed by atoms with Crippen molar-refractivity contribution >= 4 is 17.7 Å². The molecule has 2 aromatic rings. The highest BCUT2D eigenvalue weighted by Crippen LogP contribution is 2.15. The number of hydrogen-bond donors (Lipinski definition) is 2. The third kappa shape index (κ3) is 5.21. The molecule has 7 heteroatoms. The summed E-state index contributed by atoms with van der Waals surface area (Å²) in [6.45, 7) is 2.44. The summed E-state index contributed by atoms with van der Waals surface area (Å²) in [6.07, 6.45) is -0.326. The average Bonchev–Trinajstić information content (AvgIpc) is 2.72. The quantitative estimate of drug-likeness (QED) is 0.760. The number of amides is 1. The fraction of sp³-hybridized carbons (Fsp3) is 0.300. The van der Waals surface area contributed by atoms with Gasteiger partial charge in [0.25, 0.3) is 0 Å². The van der Waals surface area contributed by atoms with Crippen LogP contribution in [0.25, 0.3) is 0 Å². The molecule has 0 bridgehead atoms. The van der Waals surface area contributed by atoms with Gasteiger partial charge in [-0.2, -0.15) is 0 Å². The van der Waals surface area contributed by atoms with Crippen LogP contribution in [0.15, 0.2) is 60.7 Å². The number of rotatable bonds is 6. The largest absolute Gasteiger partial charge is 0.480 e. The fourth-order valence-corrected chi connectivity index (χ4v) is 3.00. The van der Waals surface area contributed by atoms with Crippen LogP contribution in [0.5, 0.6) is 0 Å². The van der Waals surface area contributed by atoms with E-state index in [9.17, 15) is 14.7 Å². The summed E-state index contributed by atoms with van der Waals surface area (Å²) in [5.74, 6) is -1.07. The molecule has 3 rings (SSSR count). The van der Waals surface area contributed by atoms with E-state index in [-0.39, 0.29) is 6.42 Å². The Labute approximate surface area is 158 Å². The molecule has 0 unspecified atom stereocenters. The Balaban J connectivity index is 1.48. The van der Waals surface area contributed by atoms with Gasteiger partial charge in [-0.15, -0.1) is 5.48 Å². The highest BCUT2D eigenvalue weighted by atomic mass is 16.7. The highest BCUT2D eigenvalue weighted by molar-refractivity contribution is 5.74. The first-order chi connectivity index (χ1) is 13.1. The molecule has 1 saturated heterocycles. The second-order valence-electron chi connectivity index (χ2n) is 6.38. The number of carbonyl (C=O) groups is 2. The van der Waals surface area contributed by atoms with Crippen LogP contribution in [-0.2, 0) is 16.1 Å². The summed E-state index contributed by atoms with van der Waals surface area (Å²) in [5, 5.41) is 9.34. The first-order valence-corrected chi connectivity index (χ1v) is 8.91. The van der Waals surface area contributed by atoms with Gasteiger partial charge in [-0.3, -0.25) is 4.79 Å². The monoisotopic (exact) mass is 369 g/mol. The van der Waals surface area contributed by atoms with Gasteiger partial charge in [0.1, 0.15) is 6.04 Å². The predicted octanol–water partition coefficient (Wildman–Crippen LogP) is 2.15. The fourth-order valence-electron chi connectivity index (χ4n) is 3.00. The lowest BCUT2D eigenvalue weighted by Crippen LogP contribution is -2.51. The molecular weight excluding hydrogens is 346 g/mol. The number of aliphatic carboxylic acids is 1. The van der Waals surface area contributed by atoms with Crippen LogP contribution in [0.2, 0.25) is 0 Å². The number of carboxylic acids is 1. The Kier molecular flexibility index (Phi) is 6.27. The number of hydroxylamine groups is 1. The van der Waals surface area contributed by atoms with Gasteiger partial charge >= 0.3 is 12.1 Å². The van der Waals surface area contributed by atoms with Crippen molar-refractivity contribution in [3.8, 4) is 0 Å². The normalized spacial score (nSPS) is 15.3. The molecule has 2 aromatic carbocycles. The van der Waals surface area contributed by atoms with Crippen molar-refractivity contribution in [2.24, 2.45) is 0 Å². The van der Waals surface area contributed by atoms with Gasteiger partial charge in [0.05, 0.1) is 0 Å². The summed E-state index contributed by atoms with van der Waals surface area (Å²) in [6, 6.07) is 18.2. The second-order valence-corrected chi connectivity index (χ2v) is 6.38. The number of nitrogens with zero attached hydrogens (tertiary/aromatic N) is 2. The van der Waals surface area contributed by atoms with Crippen molar-refractivity contribution in [1.82, 2.24) is 10.4 Å². The molecule has 1 fully saturated rings. The third-order valence-electron chi connectivity index (χ3n) is 4.53. The molecule has 1 aliphatic heterocycles. The lowest BCUT2D eigenvalue weighted by Gasteiger charge is -2.35. The molecule has 7 nitrogen and oxygen atoms in total. The smallest absolute Gasteiger partial charge is 0.428 e. The average molecular weight is 369 g/mol. The Morgan fingerprint density at radius 1 is 0.963 bits per heavy atom. The Morgan fingerprint density at radius 2 is 1.56 bits per heavy atom. The van der Waals surface area contributed by atoms with Crippen LogP contribution in [0.4, 0.5) is 10.5 Å². The summed E-state index contributed by atoms with van der Waals surface area (Å²) in [4.78, 5) is 32.5. The van der Waals surface area contributed by atoms with Crippen molar-refractivity contribution in [2.75, 3.05) is 31.1 Å². The van der Waals surface area contributed by atoms with Crippen molar-refractivity contribution in [3.05, 3.63) is 66.2 Å². The Bertz CT molecular complexity index is 746. The van der Waals surface area contributed by atoms with E-state index in [1.54, 1.807) is 4.90 Å². The molecule has 0 spiro atoms. The maximum atomic E-state index is 12.3. The minimum absolute atomic E-state index is 0.227. The van der Waals surface area contributed by atoms with E-state index in [1.807, 2.05) is 60.7 Å². The number of para-hydroxylation sites is 1. The van der Waals surface area contributed by atoms with Crippen molar-refractivity contribution in [2.45, 2.75) is 12.5 Å². The van der Waals surface area contributed by atoms with Crippen LogP contribution in [0.3, 0.4) is 0 Å². The maximum absolute atomic E-state index is 12.3. The predicted molar refractivity (Wildman–Crippen MR) is 101 cm³/mol. The van der Waals surface area contributed by atoms with E-state index < -0.39 is 18.1 Å². The third-order valence-corrected chi connectivity index (χ3v) is 4.53. The molecular formula is C20H23N3O4. The van der Waals surface area contributed by atoms with Crippen molar-refractivity contribution in [1.29, 1.82) is 0 Å². The molecule has 27 heavy (non-hydrogen) atoms. The van der Waals surface area contributed by atoms with Crippen molar-refractivity contribution < 1.29 is 19.5 Å². The van der Waals surface area contributed by atoms with Gasteiger partial charge in [0.15, 0.2) is 0 Å². The number of hydrogen-bond acceptors (Lipinski definition) is 5. The van der Waals surface area contributed by atoms with E-state index in [2.05, 4.69) is 10.4 Å². The number of piperazine rings is 1. The number of nitrogens with one attached hydrogen (secondary N) is 1. The molecule has 1 atom stereocenters. The van der Waals surface area contributed by atoms with Crippen molar-refractivity contribution in [3.63, 3.8) is 0 Å². The lowest BCUT2D eigenvalue weighted by molar-refractivity contribution is -0.142. The van der Waals surface area contributed by atoms with Gasteiger partial charge in [0.2, 0.25) is 0 Å². The molecule has 142 valence electrons. The zero-order chi connectivity index (χ0) is 19.1. The lowest BCUT2D eigenvalue weighted by atomic mass is 10.1. The SMILES string of the molecule is O=C(O)[C@H](Cc1ccccc1)NOC(=O)N1CCN(c2ccccc2)CC1. The van der Waals surface area contributed by atoms with E-state index in [4.69, 9.17) is 4.84 Å². The molecule has 2 N–H and O–H groups in total. The van der Waals surface area contributed by atoms with Gasteiger partial charge in [-0.25, -0.2) is 4.79 Å². The summed E-state index contributed by atoms with van der Waals surface area (Å²) >= 11 is 0.